The molecular formula is C13H18ClNO4S. The number of aromatic carboxylic acids is 1. The molecule has 0 spiro atoms. The summed E-state index contributed by atoms with van der Waals surface area (Å²) in [7, 11) is 1.63. The molecule has 0 aromatic carbocycles. The van der Waals surface area contributed by atoms with Gasteiger partial charge in [0, 0.05) is 13.6 Å². The predicted molar refractivity (Wildman–Crippen MR) is 78.9 cm³/mol. The van der Waals surface area contributed by atoms with Crippen LogP contribution in [0.2, 0.25) is 5.02 Å². The van der Waals surface area contributed by atoms with E-state index in [2.05, 4.69) is 0 Å². The summed E-state index contributed by atoms with van der Waals surface area (Å²) in [6, 6.07) is 0. The van der Waals surface area contributed by atoms with Gasteiger partial charge in [0.15, 0.2) is 0 Å². The summed E-state index contributed by atoms with van der Waals surface area (Å²) in [5.41, 5.74) is 0.187. The summed E-state index contributed by atoms with van der Waals surface area (Å²) in [6.07, 6.45) is 0.0700. The number of likely N-dealkylation sites (N-methyl/N-ethyl adjacent to an activating group) is 1. The van der Waals surface area contributed by atoms with Gasteiger partial charge in [0.1, 0.15) is 10.5 Å². The van der Waals surface area contributed by atoms with Crippen LogP contribution in [0.1, 0.15) is 36.0 Å². The number of carbonyl (C=O) groups is 2. The topological polar surface area (TPSA) is 66.8 Å². The lowest BCUT2D eigenvalue weighted by Crippen LogP contribution is -2.35. The lowest BCUT2D eigenvalue weighted by Gasteiger charge is -2.24. The summed E-state index contributed by atoms with van der Waals surface area (Å²) in [4.78, 5) is 24.2. The van der Waals surface area contributed by atoms with Gasteiger partial charge in [0.2, 0.25) is 0 Å². The van der Waals surface area contributed by atoms with Gasteiger partial charge in [-0.1, -0.05) is 11.6 Å². The molecule has 112 valence electrons. The second-order valence-electron chi connectivity index (χ2n) is 5.36. The van der Waals surface area contributed by atoms with E-state index in [1.807, 2.05) is 0 Å². The molecule has 20 heavy (non-hydrogen) atoms. The Balaban J connectivity index is 2.59. The molecule has 0 atom stereocenters. The monoisotopic (exact) mass is 319 g/mol. The molecule has 1 N–H and O–H groups in total. The molecule has 0 aliphatic rings. The maximum absolute atomic E-state index is 11.8. The minimum absolute atomic E-state index is 0.126. The molecular weight excluding hydrogens is 302 g/mol. The Morgan fingerprint density at radius 3 is 2.50 bits per heavy atom. The molecule has 0 aliphatic heterocycles. The number of amides is 1. The maximum Gasteiger partial charge on any atom is 0.410 e. The van der Waals surface area contributed by atoms with E-state index in [9.17, 15) is 9.59 Å². The second kappa shape index (κ2) is 6.45. The van der Waals surface area contributed by atoms with Crippen molar-refractivity contribution in [1.29, 1.82) is 0 Å². The number of carboxylic acids is 1. The van der Waals surface area contributed by atoms with E-state index < -0.39 is 17.7 Å². The third-order valence-corrected chi connectivity index (χ3v) is 3.98. The van der Waals surface area contributed by atoms with Crippen molar-refractivity contribution >= 4 is 35.0 Å². The van der Waals surface area contributed by atoms with E-state index in [1.165, 1.54) is 4.90 Å². The van der Waals surface area contributed by atoms with Crippen molar-refractivity contribution in [3.8, 4) is 0 Å². The molecule has 1 aromatic rings. The number of hydrogen-bond acceptors (Lipinski definition) is 4. The van der Waals surface area contributed by atoms with Crippen LogP contribution in [0.4, 0.5) is 4.79 Å². The molecule has 0 unspecified atom stereocenters. The zero-order valence-corrected chi connectivity index (χ0v) is 13.5. The molecule has 1 heterocycles. The normalized spacial score (nSPS) is 11.2. The number of ether oxygens (including phenoxy) is 1. The van der Waals surface area contributed by atoms with E-state index in [4.69, 9.17) is 21.4 Å². The first-order valence-corrected chi connectivity index (χ1v) is 7.31. The number of hydrogen-bond donors (Lipinski definition) is 1. The van der Waals surface area contributed by atoms with Crippen LogP contribution in [0.3, 0.4) is 0 Å². The minimum Gasteiger partial charge on any atom is -0.477 e. The Bertz CT molecular complexity index is 507. The lowest BCUT2D eigenvalue weighted by atomic mass is 10.2. The van der Waals surface area contributed by atoms with Crippen molar-refractivity contribution in [2.75, 3.05) is 13.6 Å². The van der Waals surface area contributed by atoms with Crippen molar-refractivity contribution in [2.24, 2.45) is 0 Å². The molecule has 1 aromatic heterocycles. The Kier molecular flexibility index (Phi) is 5.42. The predicted octanol–water partition coefficient (Wildman–Crippen LogP) is 3.51. The molecule has 0 aliphatic carbocycles. The van der Waals surface area contributed by atoms with Crippen molar-refractivity contribution in [1.82, 2.24) is 4.90 Å². The Labute approximate surface area is 127 Å². The fourth-order valence-corrected chi connectivity index (χ4v) is 2.67. The Morgan fingerprint density at radius 1 is 1.45 bits per heavy atom. The van der Waals surface area contributed by atoms with Gasteiger partial charge in [-0.3, -0.25) is 0 Å². The number of halogens is 1. The zero-order valence-electron chi connectivity index (χ0n) is 11.9. The molecule has 1 amide bonds. The first-order valence-electron chi connectivity index (χ1n) is 6.05. The van der Waals surface area contributed by atoms with Gasteiger partial charge in [-0.25, -0.2) is 9.59 Å². The highest BCUT2D eigenvalue weighted by Crippen LogP contribution is 2.28. The standard InChI is InChI=1S/C13H18ClNO4S/c1-13(2,3)19-12(18)15(4)6-5-8-7-20-10(9(8)14)11(16)17/h7H,5-6H2,1-4H3,(H,16,17). The van der Waals surface area contributed by atoms with Crippen LogP contribution in [0.5, 0.6) is 0 Å². The van der Waals surface area contributed by atoms with Gasteiger partial charge >= 0.3 is 12.1 Å². The Hall–Kier alpha value is -1.27. The largest absolute Gasteiger partial charge is 0.477 e. The first kappa shape index (κ1) is 16.8. The summed E-state index contributed by atoms with van der Waals surface area (Å²) >= 11 is 7.07. The quantitative estimate of drug-likeness (QED) is 0.922. The third-order valence-electron chi connectivity index (χ3n) is 2.42. The van der Waals surface area contributed by atoms with E-state index in [0.29, 0.717) is 13.0 Å². The van der Waals surface area contributed by atoms with Crippen LogP contribution >= 0.6 is 22.9 Å². The molecule has 0 radical (unpaired) electrons. The van der Waals surface area contributed by atoms with Gasteiger partial charge < -0.3 is 14.7 Å². The highest BCUT2D eigenvalue weighted by molar-refractivity contribution is 7.12. The number of carboxylic acid groups (broad SMARTS) is 1. The van der Waals surface area contributed by atoms with Gasteiger partial charge in [-0.15, -0.1) is 11.3 Å². The van der Waals surface area contributed by atoms with E-state index >= 15 is 0 Å². The fraction of sp³-hybridized carbons (Fsp3) is 0.538. The smallest absolute Gasteiger partial charge is 0.410 e. The van der Waals surface area contributed by atoms with E-state index in [1.54, 1.807) is 33.2 Å². The molecule has 0 bridgehead atoms. The highest BCUT2D eigenvalue weighted by atomic mass is 35.5. The van der Waals surface area contributed by atoms with Gasteiger partial charge in [0.25, 0.3) is 0 Å². The van der Waals surface area contributed by atoms with Gasteiger partial charge in [-0.2, -0.15) is 0 Å². The average Bonchev–Trinajstić information content (AvgIpc) is 2.65. The minimum atomic E-state index is -1.04. The highest BCUT2D eigenvalue weighted by Gasteiger charge is 2.20. The van der Waals surface area contributed by atoms with Crippen molar-refractivity contribution in [2.45, 2.75) is 32.8 Å². The molecule has 7 heteroatoms. The average molecular weight is 320 g/mol. The van der Waals surface area contributed by atoms with Crippen molar-refractivity contribution in [3.63, 3.8) is 0 Å². The Morgan fingerprint density at radius 2 is 2.05 bits per heavy atom. The zero-order chi connectivity index (χ0) is 15.5. The van der Waals surface area contributed by atoms with Crippen LogP contribution in [0.15, 0.2) is 5.38 Å². The summed E-state index contributed by atoms with van der Waals surface area (Å²) in [6.45, 7) is 5.80. The van der Waals surface area contributed by atoms with Crippen LogP contribution in [-0.4, -0.2) is 41.3 Å². The third kappa shape index (κ3) is 4.68. The molecule has 5 nitrogen and oxygen atoms in total. The fourth-order valence-electron chi connectivity index (χ4n) is 1.41. The summed E-state index contributed by atoms with van der Waals surface area (Å²) in [5.74, 6) is -1.04. The van der Waals surface area contributed by atoms with E-state index in [0.717, 1.165) is 16.9 Å². The molecule has 0 fully saturated rings. The number of thiophene rings is 1. The number of carbonyl (C=O) groups excluding carboxylic acids is 1. The molecule has 0 saturated carbocycles. The van der Waals surface area contributed by atoms with Crippen LogP contribution in [0.25, 0.3) is 0 Å². The van der Waals surface area contributed by atoms with Crippen LogP contribution in [0, 0.1) is 0 Å². The first-order chi connectivity index (χ1) is 9.11. The number of nitrogens with zero attached hydrogens (tertiary/aromatic N) is 1. The second-order valence-corrected chi connectivity index (χ2v) is 6.62. The van der Waals surface area contributed by atoms with Gasteiger partial charge in [-0.05, 0) is 38.1 Å². The summed E-state index contributed by atoms with van der Waals surface area (Å²) in [5, 5.41) is 10.9. The van der Waals surface area contributed by atoms with Crippen molar-refractivity contribution in [3.05, 3.63) is 20.8 Å². The summed E-state index contributed by atoms with van der Waals surface area (Å²) < 4.78 is 5.22. The molecule has 0 saturated heterocycles. The number of rotatable bonds is 4. The lowest BCUT2D eigenvalue weighted by molar-refractivity contribution is 0.0300. The van der Waals surface area contributed by atoms with Gasteiger partial charge in [0.05, 0.1) is 5.02 Å². The van der Waals surface area contributed by atoms with Crippen molar-refractivity contribution < 1.29 is 19.4 Å². The SMILES string of the molecule is CN(CCc1csc(C(=O)O)c1Cl)C(=O)OC(C)(C)C. The maximum atomic E-state index is 11.8. The molecule has 1 rings (SSSR count). The van der Waals surface area contributed by atoms with Crippen LogP contribution in [-0.2, 0) is 11.2 Å². The van der Waals surface area contributed by atoms with Crippen LogP contribution < -0.4 is 0 Å². The van der Waals surface area contributed by atoms with E-state index in [-0.39, 0.29) is 9.90 Å².